The van der Waals surface area contributed by atoms with Gasteiger partial charge in [-0.3, -0.25) is 9.54 Å². The predicted octanol–water partition coefficient (Wildman–Crippen LogP) is 1.32. The highest BCUT2D eigenvalue weighted by atomic mass is 32.2. The largest absolute Gasteiger partial charge is 0.306 e. The molecule has 1 saturated heterocycles. The van der Waals surface area contributed by atoms with Crippen molar-refractivity contribution in [3.8, 4) is 0 Å². The minimum absolute atomic E-state index is 0.0176. The van der Waals surface area contributed by atoms with Crippen molar-refractivity contribution < 1.29 is 8.76 Å². The van der Waals surface area contributed by atoms with Crippen molar-refractivity contribution in [1.29, 1.82) is 0 Å². The van der Waals surface area contributed by atoms with E-state index >= 15 is 0 Å². The zero-order valence-corrected chi connectivity index (χ0v) is 11.1. The summed E-state index contributed by atoms with van der Waals surface area (Å²) in [6.07, 6.45) is 1.79. The monoisotopic (exact) mass is 277 g/mol. The first-order chi connectivity index (χ1) is 9.25. The maximum Gasteiger partial charge on any atom is 0.234 e. The van der Waals surface area contributed by atoms with Gasteiger partial charge in [-0.2, -0.15) is 4.31 Å². The Bertz CT molecular complexity index is 614. The van der Waals surface area contributed by atoms with E-state index in [0.29, 0.717) is 19.6 Å². The van der Waals surface area contributed by atoms with E-state index in [0.717, 1.165) is 16.5 Å². The van der Waals surface area contributed by atoms with Crippen LogP contribution < -0.4 is 5.32 Å². The standard InChI is InChI=1S/C13H15N3O2S/c17-19(18)16-8-7-14-12(9-16)13-11-4-2-1-3-10(11)5-6-15-13/h1-6,12,14H,7-9H2,(H,17,18)/t12-/m1/s1. The van der Waals surface area contributed by atoms with Crippen LogP contribution in [0.3, 0.4) is 0 Å². The van der Waals surface area contributed by atoms with Gasteiger partial charge in [0.25, 0.3) is 0 Å². The predicted molar refractivity (Wildman–Crippen MR) is 74.8 cm³/mol. The van der Waals surface area contributed by atoms with Gasteiger partial charge < -0.3 is 5.32 Å². The van der Waals surface area contributed by atoms with Crippen molar-refractivity contribution in [2.24, 2.45) is 0 Å². The van der Waals surface area contributed by atoms with Crippen LogP contribution in [0.25, 0.3) is 10.8 Å². The molecule has 0 bridgehead atoms. The Kier molecular flexibility index (Phi) is 3.56. The van der Waals surface area contributed by atoms with E-state index in [1.165, 1.54) is 0 Å². The topological polar surface area (TPSA) is 65.5 Å². The summed E-state index contributed by atoms with van der Waals surface area (Å²) in [6.45, 7) is 1.75. The zero-order chi connectivity index (χ0) is 13.2. The SMILES string of the molecule is O=S(O)N1CCN[C@@H](c2nccc3ccccc23)C1. The van der Waals surface area contributed by atoms with Crippen LogP contribution in [-0.2, 0) is 11.3 Å². The highest BCUT2D eigenvalue weighted by Gasteiger charge is 2.25. The second kappa shape index (κ2) is 5.34. The fraction of sp³-hybridized carbons (Fsp3) is 0.308. The van der Waals surface area contributed by atoms with E-state index in [2.05, 4.69) is 10.3 Å². The van der Waals surface area contributed by atoms with Gasteiger partial charge in [0.05, 0.1) is 11.7 Å². The number of pyridine rings is 1. The van der Waals surface area contributed by atoms with E-state index in [1.54, 1.807) is 10.5 Å². The molecule has 0 aliphatic carbocycles. The summed E-state index contributed by atoms with van der Waals surface area (Å²) in [7, 11) is 0. The van der Waals surface area contributed by atoms with Crippen molar-refractivity contribution in [1.82, 2.24) is 14.6 Å². The number of benzene rings is 1. The molecule has 1 unspecified atom stereocenters. The maximum absolute atomic E-state index is 11.2. The second-order valence-electron chi connectivity index (χ2n) is 4.54. The van der Waals surface area contributed by atoms with Crippen LogP contribution >= 0.6 is 0 Å². The first kappa shape index (κ1) is 12.7. The van der Waals surface area contributed by atoms with Crippen LogP contribution in [0.5, 0.6) is 0 Å². The molecular weight excluding hydrogens is 262 g/mol. The fourth-order valence-corrected chi connectivity index (χ4v) is 2.99. The molecule has 0 spiro atoms. The quantitative estimate of drug-likeness (QED) is 0.813. The summed E-state index contributed by atoms with van der Waals surface area (Å²) >= 11 is -1.91. The molecule has 0 radical (unpaired) electrons. The molecule has 19 heavy (non-hydrogen) atoms. The Hall–Kier alpha value is -1.34. The molecule has 2 aromatic rings. The van der Waals surface area contributed by atoms with Crippen molar-refractivity contribution in [3.05, 3.63) is 42.2 Å². The lowest BCUT2D eigenvalue weighted by Crippen LogP contribution is -2.46. The summed E-state index contributed by atoms with van der Waals surface area (Å²) in [4.78, 5) is 4.45. The first-order valence-corrected chi connectivity index (χ1v) is 7.25. The molecule has 0 saturated carbocycles. The first-order valence-electron chi connectivity index (χ1n) is 6.18. The lowest BCUT2D eigenvalue weighted by atomic mass is 10.0. The second-order valence-corrected chi connectivity index (χ2v) is 5.52. The number of hydrogen-bond donors (Lipinski definition) is 2. The van der Waals surface area contributed by atoms with Gasteiger partial charge in [-0.25, -0.2) is 4.21 Å². The van der Waals surface area contributed by atoms with E-state index in [-0.39, 0.29) is 6.04 Å². The van der Waals surface area contributed by atoms with E-state index in [4.69, 9.17) is 0 Å². The minimum atomic E-state index is -1.91. The van der Waals surface area contributed by atoms with Crippen molar-refractivity contribution >= 4 is 22.0 Å². The van der Waals surface area contributed by atoms with Crippen molar-refractivity contribution in [3.63, 3.8) is 0 Å². The third-order valence-electron chi connectivity index (χ3n) is 3.39. The number of aromatic nitrogens is 1. The Labute approximate surface area is 114 Å². The van der Waals surface area contributed by atoms with Gasteiger partial charge in [-0.1, -0.05) is 24.3 Å². The lowest BCUT2D eigenvalue weighted by molar-refractivity contribution is 0.294. The summed E-state index contributed by atoms with van der Waals surface area (Å²) in [6, 6.07) is 10.0. The molecule has 0 amide bonds. The number of fused-ring (bicyclic) bond motifs is 1. The molecule has 1 aromatic heterocycles. The van der Waals surface area contributed by atoms with Gasteiger partial charge >= 0.3 is 0 Å². The number of rotatable bonds is 2. The number of piperazine rings is 1. The molecule has 2 N–H and O–H groups in total. The van der Waals surface area contributed by atoms with Crippen molar-refractivity contribution in [2.75, 3.05) is 19.6 Å². The molecule has 1 aromatic carbocycles. The average molecular weight is 277 g/mol. The molecule has 6 heteroatoms. The molecule has 5 nitrogen and oxygen atoms in total. The van der Waals surface area contributed by atoms with E-state index in [1.807, 2.05) is 30.3 Å². The average Bonchev–Trinajstić information content (AvgIpc) is 2.47. The van der Waals surface area contributed by atoms with Gasteiger partial charge in [0.15, 0.2) is 0 Å². The number of nitrogens with zero attached hydrogens (tertiary/aromatic N) is 2. The normalized spacial score (nSPS) is 22.5. The van der Waals surface area contributed by atoms with Gasteiger partial charge in [0.1, 0.15) is 0 Å². The van der Waals surface area contributed by atoms with E-state index in [9.17, 15) is 8.76 Å². The fourth-order valence-electron chi connectivity index (χ4n) is 2.47. The van der Waals surface area contributed by atoms with Gasteiger partial charge in [0, 0.05) is 31.2 Å². The van der Waals surface area contributed by atoms with Crippen LogP contribution in [-0.4, -0.2) is 37.7 Å². The molecule has 1 aliphatic rings. The highest BCUT2D eigenvalue weighted by molar-refractivity contribution is 7.76. The maximum atomic E-state index is 11.2. The van der Waals surface area contributed by atoms with Crippen LogP contribution in [0.2, 0.25) is 0 Å². The Balaban J connectivity index is 1.97. The third kappa shape index (κ3) is 2.52. The van der Waals surface area contributed by atoms with Gasteiger partial charge in [-0.15, -0.1) is 0 Å². The minimum Gasteiger partial charge on any atom is -0.306 e. The van der Waals surface area contributed by atoms with Crippen LogP contribution in [0.15, 0.2) is 36.5 Å². The number of hydrogen-bond acceptors (Lipinski definition) is 3. The smallest absolute Gasteiger partial charge is 0.234 e. The Morgan fingerprint density at radius 3 is 3.05 bits per heavy atom. The molecule has 3 rings (SSSR count). The van der Waals surface area contributed by atoms with Gasteiger partial charge in [0.2, 0.25) is 11.3 Å². The summed E-state index contributed by atoms with van der Waals surface area (Å²) < 4.78 is 21.9. The summed E-state index contributed by atoms with van der Waals surface area (Å²) in [5, 5.41) is 5.59. The molecule has 2 heterocycles. The Morgan fingerprint density at radius 2 is 2.21 bits per heavy atom. The van der Waals surface area contributed by atoms with Crippen molar-refractivity contribution in [2.45, 2.75) is 6.04 Å². The molecule has 2 atom stereocenters. The van der Waals surface area contributed by atoms with Gasteiger partial charge in [-0.05, 0) is 11.5 Å². The number of nitrogens with one attached hydrogen (secondary N) is 1. The Morgan fingerprint density at radius 1 is 1.37 bits per heavy atom. The molecular formula is C13H15N3O2S. The summed E-state index contributed by atoms with van der Waals surface area (Å²) in [5.74, 6) is 0. The van der Waals surface area contributed by atoms with Crippen LogP contribution in [0.1, 0.15) is 11.7 Å². The zero-order valence-electron chi connectivity index (χ0n) is 10.3. The highest BCUT2D eigenvalue weighted by Crippen LogP contribution is 2.24. The van der Waals surface area contributed by atoms with E-state index < -0.39 is 11.3 Å². The van der Waals surface area contributed by atoms with Crippen LogP contribution in [0, 0.1) is 0 Å². The molecule has 1 fully saturated rings. The molecule has 100 valence electrons. The summed E-state index contributed by atoms with van der Waals surface area (Å²) in [5.41, 5.74) is 0.938. The molecule has 1 aliphatic heterocycles. The van der Waals surface area contributed by atoms with Crippen LogP contribution in [0.4, 0.5) is 0 Å². The third-order valence-corrected chi connectivity index (χ3v) is 4.17. The lowest BCUT2D eigenvalue weighted by Gasteiger charge is -2.30.